The van der Waals surface area contributed by atoms with Crippen molar-refractivity contribution in [3.05, 3.63) is 70.3 Å². The topological polar surface area (TPSA) is 60.4 Å². The summed E-state index contributed by atoms with van der Waals surface area (Å²) in [6.07, 6.45) is 6.33. The number of esters is 1. The normalized spacial score (nSPS) is 14.3. The number of carbonyl (C=O) groups is 3. The molecule has 1 aliphatic rings. The Balaban J connectivity index is 1.45. The zero-order valence-corrected chi connectivity index (χ0v) is 17.9. The summed E-state index contributed by atoms with van der Waals surface area (Å²) in [5.74, 6) is -0.242. The average Bonchev–Trinajstić information content (AvgIpc) is 2.78. The molecule has 4 nitrogen and oxygen atoms in total. The Kier molecular flexibility index (Phi) is 7.56. The lowest BCUT2D eigenvalue weighted by molar-refractivity contribution is -0.142. The lowest BCUT2D eigenvalue weighted by Gasteiger charge is -2.22. The second-order valence-electron chi connectivity index (χ2n) is 8.28. The van der Waals surface area contributed by atoms with E-state index >= 15 is 0 Å². The molecule has 2 aromatic carbocycles. The number of benzene rings is 2. The molecular formula is C26H30O4. The van der Waals surface area contributed by atoms with Crippen LogP contribution in [0.4, 0.5) is 0 Å². The number of aryl methyl sites for hydroxylation is 2. The Morgan fingerprint density at radius 3 is 2.27 bits per heavy atom. The first-order valence-corrected chi connectivity index (χ1v) is 10.8. The van der Waals surface area contributed by atoms with Crippen molar-refractivity contribution < 1.29 is 19.1 Å². The molecule has 0 spiro atoms. The predicted octanol–water partition coefficient (Wildman–Crippen LogP) is 5.74. The molecule has 0 radical (unpaired) electrons. The van der Waals surface area contributed by atoms with E-state index in [1.165, 1.54) is 37.7 Å². The van der Waals surface area contributed by atoms with Crippen molar-refractivity contribution >= 4 is 17.5 Å². The Bertz CT molecular complexity index is 905. The minimum atomic E-state index is -0.527. The van der Waals surface area contributed by atoms with Crippen molar-refractivity contribution in [2.24, 2.45) is 0 Å². The van der Waals surface area contributed by atoms with Gasteiger partial charge >= 0.3 is 5.97 Å². The van der Waals surface area contributed by atoms with E-state index < -0.39 is 5.97 Å². The van der Waals surface area contributed by atoms with E-state index in [2.05, 4.69) is 0 Å². The summed E-state index contributed by atoms with van der Waals surface area (Å²) in [5, 5.41) is 0. The maximum Gasteiger partial charge on any atom is 0.306 e. The zero-order valence-electron chi connectivity index (χ0n) is 17.9. The number of carbonyl (C=O) groups excluding carboxylic acids is 3. The maximum atomic E-state index is 12.4. The van der Waals surface area contributed by atoms with Gasteiger partial charge in [-0.3, -0.25) is 14.4 Å². The van der Waals surface area contributed by atoms with E-state index in [0.29, 0.717) is 17.0 Å². The van der Waals surface area contributed by atoms with Gasteiger partial charge in [0.2, 0.25) is 0 Å². The van der Waals surface area contributed by atoms with E-state index in [9.17, 15) is 14.4 Å². The standard InChI is InChI=1S/C26H30O4/c1-18-8-9-19(2)23(16-18)24(27)14-15-26(29)30-17-25(28)22-12-10-21(11-13-22)20-6-4-3-5-7-20/h8-13,16,20H,3-7,14-15,17H2,1-2H3. The van der Waals surface area contributed by atoms with Crippen LogP contribution in [0.3, 0.4) is 0 Å². The smallest absolute Gasteiger partial charge is 0.306 e. The first-order valence-electron chi connectivity index (χ1n) is 10.8. The van der Waals surface area contributed by atoms with Crippen LogP contribution in [0.2, 0.25) is 0 Å². The first-order chi connectivity index (χ1) is 14.4. The molecule has 0 aromatic heterocycles. The molecule has 0 bridgehead atoms. The number of ether oxygens (including phenoxy) is 1. The van der Waals surface area contributed by atoms with Gasteiger partial charge in [-0.25, -0.2) is 0 Å². The van der Waals surface area contributed by atoms with Gasteiger partial charge in [-0.05, 0) is 49.8 Å². The van der Waals surface area contributed by atoms with Gasteiger partial charge in [0.25, 0.3) is 0 Å². The Hall–Kier alpha value is -2.75. The van der Waals surface area contributed by atoms with Crippen molar-refractivity contribution in [2.75, 3.05) is 6.61 Å². The molecule has 4 heteroatoms. The third-order valence-electron chi connectivity index (χ3n) is 5.92. The molecule has 3 rings (SSSR count). The molecule has 1 saturated carbocycles. The van der Waals surface area contributed by atoms with Crippen molar-refractivity contribution in [3.63, 3.8) is 0 Å². The third kappa shape index (κ3) is 5.88. The molecule has 158 valence electrons. The van der Waals surface area contributed by atoms with E-state index in [4.69, 9.17) is 4.74 Å². The third-order valence-corrected chi connectivity index (χ3v) is 5.92. The Morgan fingerprint density at radius 2 is 1.57 bits per heavy atom. The van der Waals surface area contributed by atoms with Gasteiger partial charge in [-0.15, -0.1) is 0 Å². The van der Waals surface area contributed by atoms with Crippen molar-refractivity contribution in [1.29, 1.82) is 0 Å². The summed E-state index contributed by atoms with van der Waals surface area (Å²) in [6.45, 7) is 3.51. The lowest BCUT2D eigenvalue weighted by Crippen LogP contribution is -2.15. The summed E-state index contributed by atoms with van der Waals surface area (Å²) >= 11 is 0. The van der Waals surface area contributed by atoms with Crippen molar-refractivity contribution in [3.8, 4) is 0 Å². The van der Waals surface area contributed by atoms with Crippen LogP contribution in [-0.4, -0.2) is 24.1 Å². The molecule has 0 heterocycles. The van der Waals surface area contributed by atoms with Crippen LogP contribution in [-0.2, 0) is 9.53 Å². The minimum absolute atomic E-state index is 0.0277. The summed E-state index contributed by atoms with van der Waals surface area (Å²) < 4.78 is 5.10. The second kappa shape index (κ2) is 10.3. The van der Waals surface area contributed by atoms with Gasteiger partial charge in [0.15, 0.2) is 18.2 Å². The van der Waals surface area contributed by atoms with E-state index in [0.717, 1.165) is 11.1 Å². The number of hydrogen-bond donors (Lipinski definition) is 0. The van der Waals surface area contributed by atoms with Gasteiger partial charge in [0, 0.05) is 17.5 Å². The van der Waals surface area contributed by atoms with Crippen molar-refractivity contribution in [2.45, 2.75) is 64.7 Å². The van der Waals surface area contributed by atoms with Crippen LogP contribution < -0.4 is 0 Å². The molecule has 1 aliphatic carbocycles. The van der Waals surface area contributed by atoms with Crippen LogP contribution in [0.5, 0.6) is 0 Å². The highest BCUT2D eigenvalue weighted by Gasteiger charge is 2.17. The molecule has 0 amide bonds. The molecule has 0 N–H and O–H groups in total. The molecule has 30 heavy (non-hydrogen) atoms. The summed E-state index contributed by atoms with van der Waals surface area (Å²) in [7, 11) is 0. The molecule has 0 unspecified atom stereocenters. The Labute approximate surface area is 178 Å². The molecule has 1 fully saturated rings. The quantitative estimate of drug-likeness (QED) is 0.414. The molecule has 0 aliphatic heterocycles. The van der Waals surface area contributed by atoms with E-state index in [-0.39, 0.29) is 31.0 Å². The van der Waals surface area contributed by atoms with Crippen LogP contribution >= 0.6 is 0 Å². The molecule has 0 saturated heterocycles. The summed E-state index contributed by atoms with van der Waals surface area (Å²) in [6, 6.07) is 13.4. The minimum Gasteiger partial charge on any atom is -0.457 e. The van der Waals surface area contributed by atoms with Crippen LogP contribution in [0.25, 0.3) is 0 Å². The van der Waals surface area contributed by atoms with Gasteiger partial charge in [-0.1, -0.05) is 61.2 Å². The number of Topliss-reactive ketones (excluding diaryl/α,β-unsaturated/α-hetero) is 2. The fraction of sp³-hybridized carbons (Fsp3) is 0.423. The van der Waals surface area contributed by atoms with Crippen molar-refractivity contribution in [1.82, 2.24) is 0 Å². The fourth-order valence-electron chi connectivity index (χ4n) is 4.07. The fourth-order valence-corrected chi connectivity index (χ4v) is 4.07. The molecule has 2 aromatic rings. The largest absolute Gasteiger partial charge is 0.457 e. The molecule has 0 atom stereocenters. The van der Waals surface area contributed by atoms with Gasteiger partial charge < -0.3 is 4.74 Å². The van der Waals surface area contributed by atoms with Crippen LogP contribution in [0, 0.1) is 13.8 Å². The van der Waals surface area contributed by atoms with Gasteiger partial charge in [-0.2, -0.15) is 0 Å². The van der Waals surface area contributed by atoms with Gasteiger partial charge in [0.1, 0.15) is 0 Å². The maximum absolute atomic E-state index is 12.4. The highest BCUT2D eigenvalue weighted by molar-refractivity contribution is 6.00. The highest BCUT2D eigenvalue weighted by Crippen LogP contribution is 2.32. The summed E-state index contributed by atoms with van der Waals surface area (Å²) in [5.41, 5.74) is 4.37. The van der Waals surface area contributed by atoms with E-state index in [1.807, 2.05) is 56.3 Å². The van der Waals surface area contributed by atoms with Crippen LogP contribution in [0.15, 0.2) is 42.5 Å². The van der Waals surface area contributed by atoms with E-state index in [1.54, 1.807) is 0 Å². The average molecular weight is 407 g/mol. The first kappa shape index (κ1) is 21.9. The predicted molar refractivity (Wildman–Crippen MR) is 117 cm³/mol. The second-order valence-corrected chi connectivity index (χ2v) is 8.28. The SMILES string of the molecule is Cc1ccc(C)c(C(=O)CCC(=O)OCC(=O)c2ccc(C3CCCCC3)cc2)c1. The van der Waals surface area contributed by atoms with Gasteiger partial charge in [0.05, 0.1) is 6.42 Å². The molecular weight excluding hydrogens is 376 g/mol. The highest BCUT2D eigenvalue weighted by atomic mass is 16.5. The number of ketones is 2. The monoisotopic (exact) mass is 406 g/mol. The lowest BCUT2D eigenvalue weighted by atomic mass is 9.84. The number of hydrogen-bond acceptors (Lipinski definition) is 4. The van der Waals surface area contributed by atoms with Crippen LogP contribution in [0.1, 0.15) is 88.3 Å². The summed E-state index contributed by atoms with van der Waals surface area (Å²) in [4.78, 5) is 36.7. The Morgan fingerprint density at radius 1 is 0.867 bits per heavy atom. The number of rotatable bonds is 8. The zero-order chi connectivity index (χ0) is 21.5.